The maximum absolute atomic E-state index is 12.4. The number of halogens is 1. The maximum Gasteiger partial charge on any atom is 0.337 e. The highest BCUT2D eigenvalue weighted by Crippen LogP contribution is 2.19. The van der Waals surface area contributed by atoms with Crippen LogP contribution in [0.15, 0.2) is 30.6 Å². The summed E-state index contributed by atoms with van der Waals surface area (Å²) < 4.78 is 10.7. The van der Waals surface area contributed by atoms with Crippen LogP contribution in [-0.2, 0) is 14.3 Å². The summed E-state index contributed by atoms with van der Waals surface area (Å²) in [7, 11) is 2.43. The van der Waals surface area contributed by atoms with Crippen molar-refractivity contribution in [2.24, 2.45) is 0 Å². The van der Waals surface area contributed by atoms with Crippen LogP contribution in [0.2, 0.25) is 5.02 Å². The molecule has 1 aromatic carbocycles. The van der Waals surface area contributed by atoms with Crippen molar-refractivity contribution in [3.05, 3.63) is 46.7 Å². The molecular weight excluding hydrogens is 350 g/mol. The Morgan fingerprint density at radius 2 is 1.68 bits per heavy atom. The van der Waals surface area contributed by atoms with E-state index in [1.807, 2.05) is 0 Å². The molecule has 1 atom stereocenters. The molecule has 1 heterocycles. The zero-order valence-corrected chi connectivity index (χ0v) is 14.5. The zero-order valence-electron chi connectivity index (χ0n) is 13.8. The Labute approximate surface area is 148 Å². The Hall–Kier alpha value is -2.87. The van der Waals surface area contributed by atoms with E-state index in [0.29, 0.717) is 5.02 Å². The van der Waals surface area contributed by atoms with E-state index >= 15 is 0 Å². The number of carbonyl (C=O) groups is 3. The first-order valence-corrected chi connectivity index (χ1v) is 7.55. The first kappa shape index (κ1) is 18.5. The number of esters is 2. The molecule has 2 aromatic rings. The molecule has 1 N–H and O–H groups in total. The number of aromatic nitrogens is 2. The third kappa shape index (κ3) is 4.36. The van der Waals surface area contributed by atoms with E-state index in [0.717, 1.165) is 0 Å². The normalized spacial score (nSPS) is 11.5. The number of nitrogens with zero attached hydrogens (tertiary/aromatic N) is 2. The van der Waals surface area contributed by atoms with Gasteiger partial charge in [-0.25, -0.2) is 9.59 Å². The van der Waals surface area contributed by atoms with Gasteiger partial charge in [0.1, 0.15) is 6.04 Å². The highest BCUT2D eigenvalue weighted by molar-refractivity contribution is 6.30. The number of hydrogen-bond donors (Lipinski definition) is 1. The SMILES string of the molecule is COC(=O)c1cc(NC(=O)C(C)n2cc(Cl)cn2)cc(C(=O)OC)c1. The summed E-state index contributed by atoms with van der Waals surface area (Å²) in [4.78, 5) is 35.9. The standard InChI is InChI=1S/C16H16ClN3O5/c1-9(20-8-12(17)7-18-20)14(21)19-13-5-10(15(22)24-2)4-11(6-13)16(23)25-3/h4-9H,1-3H3,(H,19,21). The Bertz CT molecular complexity index is 784. The number of amides is 1. The molecule has 9 heteroatoms. The summed E-state index contributed by atoms with van der Waals surface area (Å²) in [6.45, 7) is 1.63. The second-order valence-corrected chi connectivity index (χ2v) is 5.52. The molecule has 0 spiro atoms. The summed E-state index contributed by atoms with van der Waals surface area (Å²) in [5.41, 5.74) is 0.462. The van der Waals surface area contributed by atoms with Gasteiger partial charge in [-0.3, -0.25) is 9.48 Å². The summed E-state index contributed by atoms with van der Waals surface area (Å²) in [5, 5.41) is 7.00. The average Bonchev–Trinajstić information content (AvgIpc) is 3.05. The minimum absolute atomic E-state index is 0.107. The third-order valence-corrected chi connectivity index (χ3v) is 3.58. The van der Waals surface area contributed by atoms with Crippen LogP contribution in [-0.4, -0.2) is 41.8 Å². The molecular formula is C16H16ClN3O5. The van der Waals surface area contributed by atoms with Crippen molar-refractivity contribution in [2.75, 3.05) is 19.5 Å². The zero-order chi connectivity index (χ0) is 18.6. The number of anilines is 1. The molecule has 0 aliphatic carbocycles. The van der Waals surface area contributed by atoms with Crippen molar-refractivity contribution in [3.8, 4) is 0 Å². The molecule has 0 fully saturated rings. The third-order valence-electron chi connectivity index (χ3n) is 3.39. The van der Waals surface area contributed by atoms with Crippen molar-refractivity contribution in [3.63, 3.8) is 0 Å². The Morgan fingerprint density at radius 1 is 1.12 bits per heavy atom. The molecule has 0 saturated heterocycles. The summed E-state index contributed by atoms with van der Waals surface area (Å²) in [5.74, 6) is -1.70. The number of rotatable bonds is 5. The second-order valence-electron chi connectivity index (χ2n) is 5.09. The Kier molecular flexibility index (Phi) is 5.76. The number of methoxy groups -OCH3 is 2. The predicted molar refractivity (Wildman–Crippen MR) is 89.7 cm³/mol. The van der Waals surface area contributed by atoms with Gasteiger partial charge in [-0.05, 0) is 25.1 Å². The van der Waals surface area contributed by atoms with Gasteiger partial charge in [-0.15, -0.1) is 0 Å². The molecule has 0 radical (unpaired) electrons. The molecule has 8 nitrogen and oxygen atoms in total. The van der Waals surface area contributed by atoms with E-state index < -0.39 is 23.9 Å². The smallest absolute Gasteiger partial charge is 0.337 e. The highest BCUT2D eigenvalue weighted by Gasteiger charge is 2.19. The fraction of sp³-hybridized carbons (Fsp3) is 0.250. The lowest BCUT2D eigenvalue weighted by atomic mass is 10.1. The molecule has 1 aromatic heterocycles. The van der Waals surface area contributed by atoms with E-state index in [9.17, 15) is 14.4 Å². The van der Waals surface area contributed by atoms with Gasteiger partial charge in [0.05, 0.1) is 36.6 Å². The highest BCUT2D eigenvalue weighted by atomic mass is 35.5. The van der Waals surface area contributed by atoms with Gasteiger partial charge in [0, 0.05) is 11.9 Å². The van der Waals surface area contributed by atoms with Crippen LogP contribution < -0.4 is 5.32 Å². The maximum atomic E-state index is 12.4. The summed E-state index contributed by atoms with van der Waals surface area (Å²) in [6, 6.07) is 3.47. The lowest BCUT2D eigenvalue weighted by Gasteiger charge is -2.14. The van der Waals surface area contributed by atoms with Crippen LogP contribution >= 0.6 is 11.6 Å². The van der Waals surface area contributed by atoms with Crippen LogP contribution in [0.25, 0.3) is 0 Å². The average molecular weight is 366 g/mol. The van der Waals surface area contributed by atoms with Crippen LogP contribution in [0.5, 0.6) is 0 Å². The van der Waals surface area contributed by atoms with E-state index in [1.54, 1.807) is 6.92 Å². The van der Waals surface area contributed by atoms with Crippen molar-refractivity contribution < 1.29 is 23.9 Å². The number of carbonyl (C=O) groups excluding carboxylic acids is 3. The van der Waals surface area contributed by atoms with Gasteiger partial charge in [0.2, 0.25) is 5.91 Å². The van der Waals surface area contributed by atoms with Gasteiger partial charge >= 0.3 is 11.9 Å². The fourth-order valence-corrected chi connectivity index (χ4v) is 2.21. The van der Waals surface area contributed by atoms with Crippen molar-refractivity contribution in [2.45, 2.75) is 13.0 Å². The molecule has 0 saturated carbocycles. The van der Waals surface area contributed by atoms with E-state index in [-0.39, 0.29) is 16.8 Å². The largest absolute Gasteiger partial charge is 0.465 e. The van der Waals surface area contributed by atoms with Gasteiger partial charge in [0.25, 0.3) is 0 Å². The molecule has 0 aliphatic rings. The van der Waals surface area contributed by atoms with E-state index in [2.05, 4.69) is 19.9 Å². The Balaban J connectivity index is 2.29. The van der Waals surface area contributed by atoms with Crippen LogP contribution in [0.4, 0.5) is 5.69 Å². The monoisotopic (exact) mass is 365 g/mol. The molecule has 0 bridgehead atoms. The van der Waals surface area contributed by atoms with Crippen LogP contribution in [0.3, 0.4) is 0 Å². The van der Waals surface area contributed by atoms with Crippen molar-refractivity contribution in [1.82, 2.24) is 9.78 Å². The second kappa shape index (κ2) is 7.80. The van der Waals surface area contributed by atoms with Gasteiger partial charge < -0.3 is 14.8 Å². The Morgan fingerprint density at radius 3 is 2.12 bits per heavy atom. The van der Waals surface area contributed by atoms with Crippen molar-refractivity contribution >= 4 is 35.1 Å². The molecule has 1 unspecified atom stereocenters. The summed E-state index contributed by atoms with van der Waals surface area (Å²) >= 11 is 5.79. The van der Waals surface area contributed by atoms with E-state index in [4.69, 9.17) is 11.6 Å². The first-order chi connectivity index (χ1) is 11.8. The number of ether oxygens (including phenoxy) is 2. The quantitative estimate of drug-likeness (QED) is 0.816. The molecule has 1 amide bonds. The van der Waals surface area contributed by atoms with Gasteiger partial charge in [-0.1, -0.05) is 11.6 Å². The van der Waals surface area contributed by atoms with Gasteiger partial charge in [-0.2, -0.15) is 5.10 Å². The predicted octanol–water partition coefficient (Wildman–Crippen LogP) is 2.31. The lowest BCUT2D eigenvalue weighted by molar-refractivity contribution is -0.119. The fourth-order valence-electron chi connectivity index (χ4n) is 2.06. The minimum atomic E-state index is -0.657. The first-order valence-electron chi connectivity index (χ1n) is 7.18. The lowest BCUT2D eigenvalue weighted by Crippen LogP contribution is -2.24. The molecule has 0 aliphatic heterocycles. The summed E-state index contributed by atoms with van der Waals surface area (Å²) in [6.07, 6.45) is 2.93. The molecule has 25 heavy (non-hydrogen) atoms. The van der Waals surface area contributed by atoms with E-state index in [1.165, 1.54) is 49.5 Å². The topological polar surface area (TPSA) is 99.5 Å². The number of nitrogens with one attached hydrogen (secondary N) is 1. The molecule has 2 rings (SSSR count). The minimum Gasteiger partial charge on any atom is -0.465 e. The number of hydrogen-bond acceptors (Lipinski definition) is 6. The number of benzene rings is 1. The molecule has 132 valence electrons. The van der Waals surface area contributed by atoms with Crippen LogP contribution in [0.1, 0.15) is 33.7 Å². The van der Waals surface area contributed by atoms with Gasteiger partial charge in [0.15, 0.2) is 0 Å². The van der Waals surface area contributed by atoms with Crippen molar-refractivity contribution in [1.29, 1.82) is 0 Å². The van der Waals surface area contributed by atoms with Crippen LogP contribution in [0, 0.1) is 0 Å².